The molecule has 0 saturated carbocycles. The summed E-state index contributed by atoms with van der Waals surface area (Å²) in [5.41, 5.74) is 8.79. The summed E-state index contributed by atoms with van der Waals surface area (Å²) in [5.74, 6) is -0.685. The first-order chi connectivity index (χ1) is 13.5. The standard InChI is InChI=1S/C20H16N4O3S/c1-27-20(26)18-17(22)13(10-21)11-24(18)14-5-4-12-6-7-23(15(12)9-14)19(25)16-3-2-8-28-16/h2-5,8-9,11H,6-7,22H2,1H3. The van der Waals surface area contributed by atoms with Crippen molar-refractivity contribution in [2.24, 2.45) is 0 Å². The van der Waals surface area contributed by atoms with E-state index in [-0.39, 0.29) is 22.9 Å². The van der Waals surface area contributed by atoms with E-state index in [1.54, 1.807) is 11.0 Å². The fourth-order valence-corrected chi connectivity index (χ4v) is 4.05. The second-order valence-corrected chi connectivity index (χ2v) is 7.22. The van der Waals surface area contributed by atoms with E-state index in [0.717, 1.165) is 17.7 Å². The zero-order valence-electron chi connectivity index (χ0n) is 15.0. The summed E-state index contributed by atoms with van der Waals surface area (Å²) >= 11 is 1.40. The highest BCUT2D eigenvalue weighted by Gasteiger charge is 2.28. The van der Waals surface area contributed by atoms with Crippen LogP contribution in [0.25, 0.3) is 5.69 Å². The Balaban J connectivity index is 1.81. The third kappa shape index (κ3) is 2.73. The summed E-state index contributed by atoms with van der Waals surface area (Å²) < 4.78 is 6.36. The number of rotatable bonds is 3. The molecule has 0 saturated heterocycles. The molecule has 1 aromatic carbocycles. The average molecular weight is 392 g/mol. The Labute approximate surface area is 165 Å². The van der Waals surface area contributed by atoms with Gasteiger partial charge in [0.1, 0.15) is 6.07 Å². The zero-order chi connectivity index (χ0) is 19.8. The van der Waals surface area contributed by atoms with Crippen LogP contribution in [0.4, 0.5) is 11.4 Å². The molecule has 1 amide bonds. The van der Waals surface area contributed by atoms with Gasteiger partial charge in [-0.15, -0.1) is 11.3 Å². The molecule has 0 aliphatic carbocycles. The molecule has 0 radical (unpaired) electrons. The smallest absolute Gasteiger partial charge is 0.357 e. The lowest BCUT2D eigenvalue weighted by Crippen LogP contribution is -2.28. The van der Waals surface area contributed by atoms with E-state index < -0.39 is 5.97 Å². The zero-order valence-corrected chi connectivity index (χ0v) is 15.8. The number of nitrogens with zero attached hydrogens (tertiary/aromatic N) is 3. The minimum Gasteiger partial charge on any atom is -0.464 e. The monoisotopic (exact) mass is 392 g/mol. The van der Waals surface area contributed by atoms with Gasteiger partial charge in [-0.1, -0.05) is 12.1 Å². The van der Waals surface area contributed by atoms with Crippen molar-refractivity contribution in [3.05, 3.63) is 63.6 Å². The van der Waals surface area contributed by atoms with Crippen molar-refractivity contribution in [3.8, 4) is 11.8 Å². The highest BCUT2D eigenvalue weighted by atomic mass is 32.1. The molecule has 0 fully saturated rings. The molecule has 3 aromatic rings. The van der Waals surface area contributed by atoms with Gasteiger partial charge in [0.25, 0.3) is 5.91 Å². The van der Waals surface area contributed by atoms with E-state index in [4.69, 9.17) is 10.5 Å². The summed E-state index contributed by atoms with van der Waals surface area (Å²) in [5, 5.41) is 11.2. The molecule has 0 atom stereocenters. The number of hydrogen-bond acceptors (Lipinski definition) is 6. The van der Waals surface area contributed by atoms with E-state index >= 15 is 0 Å². The number of hydrogen-bond donors (Lipinski definition) is 1. The second kappa shape index (κ2) is 6.87. The van der Waals surface area contributed by atoms with Gasteiger partial charge in [-0.2, -0.15) is 5.26 Å². The molecule has 0 unspecified atom stereocenters. The van der Waals surface area contributed by atoms with Crippen LogP contribution in [0.15, 0.2) is 41.9 Å². The summed E-state index contributed by atoms with van der Waals surface area (Å²) in [6.45, 7) is 0.594. The minimum absolute atomic E-state index is 0.0520. The summed E-state index contributed by atoms with van der Waals surface area (Å²) in [4.78, 5) is 27.5. The van der Waals surface area contributed by atoms with Crippen LogP contribution in [0.5, 0.6) is 0 Å². The van der Waals surface area contributed by atoms with Gasteiger partial charge < -0.3 is 19.9 Å². The van der Waals surface area contributed by atoms with Crippen LogP contribution in [-0.4, -0.2) is 30.1 Å². The number of aromatic nitrogens is 1. The van der Waals surface area contributed by atoms with Crippen LogP contribution in [0, 0.1) is 11.3 Å². The number of ether oxygens (including phenoxy) is 1. The number of nitrogens with two attached hydrogens (primary N) is 1. The molecule has 1 aliphatic heterocycles. The Morgan fingerprint density at radius 2 is 2.14 bits per heavy atom. The van der Waals surface area contributed by atoms with Crippen LogP contribution in [0.3, 0.4) is 0 Å². The molecular formula is C20H16N4O3S. The molecule has 3 heterocycles. The van der Waals surface area contributed by atoms with Crippen LogP contribution < -0.4 is 10.6 Å². The number of carbonyl (C=O) groups is 2. The summed E-state index contributed by atoms with van der Waals surface area (Å²) in [7, 11) is 1.26. The number of nitrogen functional groups attached to an aromatic ring is 1. The molecule has 140 valence electrons. The molecule has 2 aromatic heterocycles. The Kier molecular flexibility index (Phi) is 4.37. The number of methoxy groups -OCH3 is 1. The molecule has 0 bridgehead atoms. The molecule has 2 N–H and O–H groups in total. The third-order valence-corrected chi connectivity index (χ3v) is 5.62. The lowest BCUT2D eigenvalue weighted by atomic mass is 10.1. The molecule has 7 nitrogen and oxygen atoms in total. The van der Waals surface area contributed by atoms with Gasteiger partial charge in [0.15, 0.2) is 5.69 Å². The average Bonchev–Trinajstić information content (AvgIpc) is 3.44. The quantitative estimate of drug-likeness (QED) is 0.691. The highest BCUT2D eigenvalue weighted by molar-refractivity contribution is 7.12. The highest BCUT2D eigenvalue weighted by Crippen LogP contribution is 2.34. The summed E-state index contributed by atoms with van der Waals surface area (Å²) in [6.07, 6.45) is 2.26. The molecule has 0 spiro atoms. The SMILES string of the molecule is COC(=O)c1c(N)c(C#N)cn1-c1ccc2c(c1)N(C(=O)c1cccs1)CC2. The van der Waals surface area contributed by atoms with Gasteiger partial charge >= 0.3 is 5.97 Å². The maximum absolute atomic E-state index is 12.8. The fraction of sp³-hybridized carbons (Fsp3) is 0.150. The summed E-state index contributed by atoms with van der Waals surface area (Å²) in [6, 6.07) is 11.2. The molecule has 4 rings (SSSR count). The Bertz CT molecular complexity index is 1130. The Morgan fingerprint density at radius 3 is 2.82 bits per heavy atom. The van der Waals surface area contributed by atoms with E-state index in [1.165, 1.54) is 29.2 Å². The number of esters is 1. The Hall–Kier alpha value is -3.57. The van der Waals surface area contributed by atoms with Gasteiger partial charge in [-0.25, -0.2) is 4.79 Å². The minimum atomic E-state index is -0.633. The first-order valence-corrected chi connectivity index (χ1v) is 9.41. The van der Waals surface area contributed by atoms with Crippen molar-refractivity contribution in [3.63, 3.8) is 0 Å². The number of nitriles is 1. The first kappa shape index (κ1) is 17.8. The maximum Gasteiger partial charge on any atom is 0.357 e. The first-order valence-electron chi connectivity index (χ1n) is 8.53. The maximum atomic E-state index is 12.8. The van der Waals surface area contributed by atoms with Crippen LogP contribution in [-0.2, 0) is 11.2 Å². The lowest BCUT2D eigenvalue weighted by Gasteiger charge is -2.18. The number of carbonyl (C=O) groups excluding carboxylic acids is 2. The van der Waals surface area contributed by atoms with Gasteiger partial charge in [0.05, 0.1) is 23.2 Å². The van der Waals surface area contributed by atoms with E-state index in [1.807, 2.05) is 35.7 Å². The van der Waals surface area contributed by atoms with Gasteiger partial charge in [0, 0.05) is 24.1 Å². The van der Waals surface area contributed by atoms with Gasteiger partial charge in [-0.05, 0) is 35.6 Å². The normalized spacial score (nSPS) is 12.5. The van der Waals surface area contributed by atoms with Crippen molar-refractivity contribution in [1.29, 1.82) is 5.26 Å². The van der Waals surface area contributed by atoms with E-state index in [9.17, 15) is 14.9 Å². The van der Waals surface area contributed by atoms with Crippen LogP contribution in [0.2, 0.25) is 0 Å². The van der Waals surface area contributed by atoms with Crippen molar-refractivity contribution < 1.29 is 14.3 Å². The topological polar surface area (TPSA) is 101 Å². The van der Waals surface area contributed by atoms with Crippen molar-refractivity contribution >= 4 is 34.6 Å². The van der Waals surface area contributed by atoms with Crippen LogP contribution in [0.1, 0.15) is 31.3 Å². The second-order valence-electron chi connectivity index (χ2n) is 6.28. The number of fused-ring (bicyclic) bond motifs is 1. The third-order valence-electron chi connectivity index (χ3n) is 4.76. The van der Waals surface area contributed by atoms with Gasteiger partial charge in [-0.3, -0.25) is 4.79 Å². The van der Waals surface area contributed by atoms with Crippen molar-refractivity contribution in [2.75, 3.05) is 24.3 Å². The number of amides is 1. The van der Waals surface area contributed by atoms with Crippen molar-refractivity contribution in [2.45, 2.75) is 6.42 Å². The van der Waals surface area contributed by atoms with Gasteiger partial charge in [0.2, 0.25) is 0 Å². The molecule has 8 heteroatoms. The molecule has 1 aliphatic rings. The largest absolute Gasteiger partial charge is 0.464 e. The number of thiophene rings is 1. The number of anilines is 2. The Morgan fingerprint density at radius 1 is 1.32 bits per heavy atom. The van der Waals surface area contributed by atoms with Crippen LogP contribution >= 0.6 is 11.3 Å². The van der Waals surface area contributed by atoms with E-state index in [2.05, 4.69) is 0 Å². The molecular weight excluding hydrogens is 376 g/mol. The van der Waals surface area contributed by atoms with Crippen molar-refractivity contribution in [1.82, 2.24) is 4.57 Å². The predicted octanol–water partition coefficient (Wildman–Crippen LogP) is 2.98. The lowest BCUT2D eigenvalue weighted by molar-refractivity contribution is 0.0593. The predicted molar refractivity (Wildman–Crippen MR) is 106 cm³/mol. The molecule has 28 heavy (non-hydrogen) atoms. The van der Waals surface area contributed by atoms with E-state index in [0.29, 0.717) is 17.1 Å². The number of benzene rings is 1. The fourth-order valence-electron chi connectivity index (χ4n) is 3.38.